The maximum atomic E-state index is 11.9. The van der Waals surface area contributed by atoms with E-state index in [0.717, 1.165) is 11.1 Å². The summed E-state index contributed by atoms with van der Waals surface area (Å²) >= 11 is 5.90. The van der Waals surface area contributed by atoms with Gasteiger partial charge in [-0.2, -0.15) is 0 Å². The number of oxazole rings is 1. The van der Waals surface area contributed by atoms with Gasteiger partial charge in [-0.1, -0.05) is 41.9 Å². The van der Waals surface area contributed by atoms with Crippen molar-refractivity contribution in [2.24, 2.45) is 0 Å². The standard InChI is InChI=1S/C17H16ClNO3/c1-12(13-5-3-2-4-6-13)21-10-9-19-15-8-7-14(18)11-16(15)22-17(19)20/h2-8,11-12H,9-10H2,1H3/t12-/m0/s1. The number of fused-ring (bicyclic) bond motifs is 1. The minimum Gasteiger partial charge on any atom is -0.408 e. The van der Waals surface area contributed by atoms with E-state index < -0.39 is 5.76 Å². The molecule has 114 valence electrons. The first kappa shape index (κ1) is 14.9. The van der Waals surface area contributed by atoms with Gasteiger partial charge in [-0.15, -0.1) is 0 Å². The molecule has 0 amide bonds. The summed E-state index contributed by atoms with van der Waals surface area (Å²) in [6.07, 6.45) is -0.0236. The van der Waals surface area contributed by atoms with Crippen molar-refractivity contribution in [3.8, 4) is 0 Å². The summed E-state index contributed by atoms with van der Waals surface area (Å²) < 4.78 is 12.5. The van der Waals surface area contributed by atoms with Crippen LogP contribution < -0.4 is 5.76 Å². The zero-order chi connectivity index (χ0) is 15.5. The van der Waals surface area contributed by atoms with Gasteiger partial charge in [0.05, 0.1) is 24.8 Å². The smallest absolute Gasteiger partial charge is 0.408 e. The maximum Gasteiger partial charge on any atom is 0.420 e. The van der Waals surface area contributed by atoms with Crippen molar-refractivity contribution < 1.29 is 9.15 Å². The van der Waals surface area contributed by atoms with E-state index in [4.69, 9.17) is 20.8 Å². The van der Waals surface area contributed by atoms with E-state index in [2.05, 4.69) is 0 Å². The molecule has 0 unspecified atom stereocenters. The number of ether oxygens (including phenoxy) is 1. The van der Waals surface area contributed by atoms with Crippen molar-refractivity contribution in [3.05, 3.63) is 69.7 Å². The lowest BCUT2D eigenvalue weighted by molar-refractivity contribution is 0.0595. The molecule has 1 atom stereocenters. The van der Waals surface area contributed by atoms with Gasteiger partial charge in [0.25, 0.3) is 0 Å². The number of halogens is 1. The first-order valence-corrected chi connectivity index (χ1v) is 7.48. The van der Waals surface area contributed by atoms with Crippen LogP contribution in [0.5, 0.6) is 0 Å². The summed E-state index contributed by atoms with van der Waals surface area (Å²) in [5, 5.41) is 0.544. The van der Waals surface area contributed by atoms with Crippen LogP contribution in [0.1, 0.15) is 18.6 Å². The summed E-state index contributed by atoms with van der Waals surface area (Å²) in [5.41, 5.74) is 2.33. The van der Waals surface area contributed by atoms with Crippen molar-refractivity contribution in [1.82, 2.24) is 4.57 Å². The molecule has 0 saturated carbocycles. The molecular weight excluding hydrogens is 302 g/mol. The third-order valence-corrected chi connectivity index (χ3v) is 3.82. The molecule has 0 fully saturated rings. The fraction of sp³-hybridized carbons (Fsp3) is 0.235. The van der Waals surface area contributed by atoms with E-state index in [-0.39, 0.29) is 6.10 Å². The number of aromatic nitrogens is 1. The molecule has 3 rings (SSSR count). The highest BCUT2D eigenvalue weighted by atomic mass is 35.5. The van der Waals surface area contributed by atoms with E-state index >= 15 is 0 Å². The molecule has 0 aliphatic rings. The van der Waals surface area contributed by atoms with Crippen molar-refractivity contribution in [3.63, 3.8) is 0 Å². The molecule has 5 heteroatoms. The summed E-state index contributed by atoms with van der Waals surface area (Å²) in [5.74, 6) is -0.395. The molecule has 0 aliphatic heterocycles. The number of hydrogen-bond donors (Lipinski definition) is 0. The number of benzene rings is 2. The fourth-order valence-corrected chi connectivity index (χ4v) is 2.56. The molecule has 4 nitrogen and oxygen atoms in total. The topological polar surface area (TPSA) is 44.4 Å². The Morgan fingerprint density at radius 1 is 1.23 bits per heavy atom. The normalized spacial score (nSPS) is 12.6. The fourth-order valence-electron chi connectivity index (χ4n) is 2.39. The Kier molecular flexibility index (Phi) is 4.32. The van der Waals surface area contributed by atoms with Crippen molar-refractivity contribution in [2.75, 3.05) is 6.61 Å². The van der Waals surface area contributed by atoms with Gasteiger partial charge in [-0.3, -0.25) is 4.57 Å². The van der Waals surface area contributed by atoms with E-state index in [1.165, 1.54) is 0 Å². The zero-order valence-corrected chi connectivity index (χ0v) is 12.9. The lowest BCUT2D eigenvalue weighted by Crippen LogP contribution is -2.18. The van der Waals surface area contributed by atoms with Crippen LogP contribution in [0.4, 0.5) is 0 Å². The van der Waals surface area contributed by atoms with Crippen molar-refractivity contribution in [2.45, 2.75) is 19.6 Å². The van der Waals surface area contributed by atoms with Gasteiger partial charge in [0, 0.05) is 11.1 Å². The molecule has 1 heterocycles. The highest BCUT2D eigenvalue weighted by molar-refractivity contribution is 6.31. The van der Waals surface area contributed by atoms with Gasteiger partial charge in [0.15, 0.2) is 5.58 Å². The van der Waals surface area contributed by atoms with Gasteiger partial charge < -0.3 is 9.15 Å². The third kappa shape index (κ3) is 3.08. The lowest BCUT2D eigenvalue weighted by Gasteiger charge is -2.13. The SMILES string of the molecule is C[C@H](OCCn1c(=O)oc2cc(Cl)ccc21)c1ccccc1. The van der Waals surface area contributed by atoms with Crippen LogP contribution in [-0.2, 0) is 11.3 Å². The number of nitrogens with zero attached hydrogens (tertiary/aromatic N) is 1. The van der Waals surface area contributed by atoms with Crippen LogP contribution in [0.25, 0.3) is 11.1 Å². The second-order valence-electron chi connectivity index (χ2n) is 5.06. The predicted molar refractivity (Wildman–Crippen MR) is 86.3 cm³/mol. The molecule has 0 radical (unpaired) electrons. The molecule has 0 spiro atoms. The molecule has 3 aromatic rings. The summed E-state index contributed by atoms with van der Waals surface area (Å²) in [4.78, 5) is 11.9. The minimum absolute atomic E-state index is 0.0236. The summed E-state index contributed by atoms with van der Waals surface area (Å²) in [6, 6.07) is 15.1. The third-order valence-electron chi connectivity index (χ3n) is 3.58. The van der Waals surface area contributed by atoms with E-state index in [0.29, 0.717) is 23.8 Å². The molecule has 0 N–H and O–H groups in total. The van der Waals surface area contributed by atoms with Gasteiger partial charge in [0.2, 0.25) is 0 Å². The van der Waals surface area contributed by atoms with Crippen molar-refractivity contribution in [1.29, 1.82) is 0 Å². The Bertz CT molecular complexity index is 823. The molecule has 2 aromatic carbocycles. The number of hydrogen-bond acceptors (Lipinski definition) is 3. The minimum atomic E-state index is -0.395. The maximum absolute atomic E-state index is 11.9. The van der Waals surface area contributed by atoms with Gasteiger partial charge in [-0.25, -0.2) is 4.79 Å². The Morgan fingerprint density at radius 3 is 2.77 bits per heavy atom. The van der Waals surface area contributed by atoms with Crippen LogP contribution in [0.3, 0.4) is 0 Å². The quantitative estimate of drug-likeness (QED) is 0.713. The molecule has 1 aromatic heterocycles. The number of rotatable bonds is 5. The Balaban J connectivity index is 1.69. The largest absolute Gasteiger partial charge is 0.420 e. The predicted octanol–water partition coefficient (Wildman–Crippen LogP) is 4.03. The Labute approximate surface area is 132 Å². The Hall–Kier alpha value is -2.04. The van der Waals surface area contributed by atoms with Crippen LogP contribution in [0.15, 0.2) is 57.7 Å². The Morgan fingerprint density at radius 2 is 2.00 bits per heavy atom. The molecular formula is C17H16ClNO3. The van der Waals surface area contributed by atoms with Crippen LogP contribution in [-0.4, -0.2) is 11.2 Å². The van der Waals surface area contributed by atoms with Crippen LogP contribution in [0, 0.1) is 0 Å². The molecule has 0 bridgehead atoms. The summed E-state index contributed by atoms with van der Waals surface area (Å²) in [6.45, 7) is 2.85. The van der Waals surface area contributed by atoms with E-state index in [1.807, 2.05) is 37.3 Å². The van der Waals surface area contributed by atoms with Crippen molar-refractivity contribution >= 4 is 22.7 Å². The lowest BCUT2D eigenvalue weighted by atomic mass is 10.1. The monoisotopic (exact) mass is 317 g/mol. The molecule has 0 saturated heterocycles. The summed E-state index contributed by atoms with van der Waals surface area (Å²) in [7, 11) is 0. The first-order valence-electron chi connectivity index (χ1n) is 7.10. The highest BCUT2D eigenvalue weighted by Crippen LogP contribution is 2.19. The second-order valence-corrected chi connectivity index (χ2v) is 5.49. The van der Waals surface area contributed by atoms with E-state index in [1.54, 1.807) is 22.8 Å². The zero-order valence-electron chi connectivity index (χ0n) is 12.2. The van der Waals surface area contributed by atoms with Crippen LogP contribution in [0.2, 0.25) is 5.02 Å². The first-order chi connectivity index (χ1) is 10.6. The average Bonchev–Trinajstić information content (AvgIpc) is 2.83. The molecule has 22 heavy (non-hydrogen) atoms. The highest BCUT2D eigenvalue weighted by Gasteiger charge is 2.10. The average molecular weight is 318 g/mol. The van der Waals surface area contributed by atoms with Gasteiger partial charge in [-0.05, 0) is 24.6 Å². The molecule has 0 aliphatic carbocycles. The van der Waals surface area contributed by atoms with Gasteiger partial charge >= 0.3 is 5.76 Å². The van der Waals surface area contributed by atoms with Crippen LogP contribution >= 0.6 is 11.6 Å². The van der Waals surface area contributed by atoms with Gasteiger partial charge in [0.1, 0.15) is 0 Å². The van der Waals surface area contributed by atoms with E-state index in [9.17, 15) is 4.79 Å². The second kappa shape index (κ2) is 6.38.